The summed E-state index contributed by atoms with van der Waals surface area (Å²) in [7, 11) is 0. The summed E-state index contributed by atoms with van der Waals surface area (Å²) in [6, 6.07) is 3.67. The van der Waals surface area contributed by atoms with Crippen molar-refractivity contribution in [3.05, 3.63) is 34.2 Å². The van der Waals surface area contributed by atoms with Crippen molar-refractivity contribution in [2.75, 3.05) is 0 Å². The topological polar surface area (TPSA) is 32.9 Å². The molecule has 60 valence electrons. The third-order valence-corrected chi connectivity index (χ3v) is 1.24. The van der Waals surface area contributed by atoms with E-state index in [1.807, 2.05) is 4.98 Å². The summed E-state index contributed by atoms with van der Waals surface area (Å²) in [5, 5.41) is 0. The zero-order valence-electron chi connectivity index (χ0n) is 5.90. The molecule has 0 spiro atoms. The lowest BCUT2D eigenvalue weighted by molar-refractivity contribution is 0.0125. The maximum Gasteiger partial charge on any atom is 0.284 e. The Kier molecular flexibility index (Phi) is 1.76. The molecule has 2 nitrogen and oxygen atoms in total. The molecule has 0 amide bonds. The number of nitrogens with one attached hydrogen (secondary N) is 1. The lowest BCUT2D eigenvalue weighted by atomic mass is 10.2. The SMILES string of the molecule is CC(F)(F)c1cccc(=O)[nH]1. The molecule has 0 radical (unpaired) electrons. The summed E-state index contributed by atoms with van der Waals surface area (Å²) in [5.74, 6) is -2.97. The number of aromatic nitrogens is 1. The Morgan fingerprint density at radius 2 is 2.09 bits per heavy atom. The molecule has 1 rings (SSSR count). The van der Waals surface area contributed by atoms with Crippen molar-refractivity contribution >= 4 is 0 Å². The number of rotatable bonds is 1. The first-order valence-electron chi connectivity index (χ1n) is 3.08. The van der Waals surface area contributed by atoms with Crippen LogP contribution >= 0.6 is 0 Å². The Morgan fingerprint density at radius 3 is 2.45 bits per heavy atom. The summed E-state index contributed by atoms with van der Waals surface area (Å²) in [6.45, 7) is 0.734. The zero-order chi connectivity index (χ0) is 8.48. The maximum atomic E-state index is 12.5. The molecule has 0 saturated heterocycles. The highest BCUT2D eigenvalue weighted by Crippen LogP contribution is 2.23. The summed E-state index contributed by atoms with van der Waals surface area (Å²) >= 11 is 0. The first-order chi connectivity index (χ1) is 5.00. The molecular weight excluding hydrogens is 152 g/mol. The second kappa shape index (κ2) is 2.45. The van der Waals surface area contributed by atoms with Crippen molar-refractivity contribution in [1.29, 1.82) is 0 Å². The Hall–Kier alpha value is -1.19. The molecule has 1 N–H and O–H groups in total. The third-order valence-electron chi connectivity index (χ3n) is 1.24. The van der Waals surface area contributed by atoms with E-state index in [1.165, 1.54) is 18.2 Å². The van der Waals surface area contributed by atoms with Gasteiger partial charge in [-0.05, 0) is 6.07 Å². The van der Waals surface area contributed by atoms with E-state index < -0.39 is 11.5 Å². The molecule has 0 fully saturated rings. The van der Waals surface area contributed by atoms with Crippen LogP contribution in [0.5, 0.6) is 0 Å². The fraction of sp³-hybridized carbons (Fsp3) is 0.286. The number of hydrogen-bond acceptors (Lipinski definition) is 1. The van der Waals surface area contributed by atoms with Crippen molar-refractivity contribution in [2.24, 2.45) is 0 Å². The van der Waals surface area contributed by atoms with Crippen LogP contribution in [0.15, 0.2) is 23.0 Å². The largest absolute Gasteiger partial charge is 0.321 e. The van der Waals surface area contributed by atoms with Gasteiger partial charge in [0.2, 0.25) is 5.56 Å². The van der Waals surface area contributed by atoms with Gasteiger partial charge in [0.1, 0.15) is 0 Å². The Labute approximate surface area is 61.9 Å². The predicted molar refractivity (Wildman–Crippen MR) is 36.6 cm³/mol. The van der Waals surface area contributed by atoms with Gasteiger partial charge in [0.15, 0.2) is 0 Å². The molecule has 0 unspecified atom stereocenters. The standard InChI is InChI=1S/C7H7F2NO/c1-7(8,9)5-3-2-4-6(11)10-5/h2-4H,1H3,(H,10,11). The van der Waals surface area contributed by atoms with Crippen molar-refractivity contribution < 1.29 is 8.78 Å². The van der Waals surface area contributed by atoms with Crippen LogP contribution in [0.3, 0.4) is 0 Å². The van der Waals surface area contributed by atoms with E-state index in [1.54, 1.807) is 0 Å². The van der Waals surface area contributed by atoms with Crippen LogP contribution in [0.4, 0.5) is 8.78 Å². The quantitative estimate of drug-likeness (QED) is 0.661. The molecule has 1 aromatic heterocycles. The van der Waals surface area contributed by atoms with Gasteiger partial charge in [-0.2, -0.15) is 0 Å². The molecule has 0 aromatic carbocycles. The highest BCUT2D eigenvalue weighted by atomic mass is 19.3. The van der Waals surface area contributed by atoms with Gasteiger partial charge in [0.25, 0.3) is 5.92 Å². The van der Waals surface area contributed by atoms with Crippen LogP contribution in [0.25, 0.3) is 0 Å². The summed E-state index contributed by atoms with van der Waals surface area (Å²) in [5.41, 5.74) is -0.867. The molecule has 4 heteroatoms. The molecule has 0 aliphatic rings. The smallest absolute Gasteiger partial charge is 0.284 e. The highest BCUT2D eigenvalue weighted by molar-refractivity contribution is 5.08. The third kappa shape index (κ3) is 1.86. The second-order valence-corrected chi connectivity index (χ2v) is 2.32. The van der Waals surface area contributed by atoms with Crippen molar-refractivity contribution in [2.45, 2.75) is 12.8 Å². The zero-order valence-corrected chi connectivity index (χ0v) is 5.90. The van der Waals surface area contributed by atoms with Crippen molar-refractivity contribution in [3.63, 3.8) is 0 Å². The molecule has 0 atom stereocenters. The molecule has 11 heavy (non-hydrogen) atoms. The van der Waals surface area contributed by atoms with Crippen LogP contribution in [0.2, 0.25) is 0 Å². The Bertz CT molecular complexity index is 300. The Balaban J connectivity index is 3.16. The molecule has 0 aliphatic carbocycles. The number of hydrogen-bond donors (Lipinski definition) is 1. The van der Waals surface area contributed by atoms with E-state index in [2.05, 4.69) is 0 Å². The molecule has 1 aromatic rings. The number of aromatic amines is 1. The first-order valence-corrected chi connectivity index (χ1v) is 3.08. The van der Waals surface area contributed by atoms with Gasteiger partial charge in [0, 0.05) is 13.0 Å². The molecule has 0 saturated carbocycles. The van der Waals surface area contributed by atoms with E-state index in [4.69, 9.17) is 0 Å². The van der Waals surface area contributed by atoms with Gasteiger partial charge in [-0.25, -0.2) is 8.78 Å². The monoisotopic (exact) mass is 159 g/mol. The fourth-order valence-electron chi connectivity index (χ4n) is 0.704. The van der Waals surface area contributed by atoms with Crippen LogP contribution in [0.1, 0.15) is 12.6 Å². The van der Waals surface area contributed by atoms with E-state index >= 15 is 0 Å². The minimum atomic E-state index is -2.97. The molecule has 1 heterocycles. The maximum absolute atomic E-state index is 12.5. The number of H-pyrrole nitrogens is 1. The first kappa shape index (κ1) is 7.91. The fourth-order valence-corrected chi connectivity index (χ4v) is 0.704. The van der Waals surface area contributed by atoms with Crippen LogP contribution in [-0.2, 0) is 5.92 Å². The van der Waals surface area contributed by atoms with Crippen molar-refractivity contribution in [1.82, 2.24) is 4.98 Å². The molecule has 0 aliphatic heterocycles. The number of halogens is 2. The highest BCUT2D eigenvalue weighted by Gasteiger charge is 2.24. The molecule has 0 bridgehead atoms. The average Bonchev–Trinajstić information content (AvgIpc) is 1.86. The summed E-state index contributed by atoms with van der Waals surface area (Å²) in [4.78, 5) is 12.6. The van der Waals surface area contributed by atoms with Crippen molar-refractivity contribution in [3.8, 4) is 0 Å². The minimum Gasteiger partial charge on any atom is -0.321 e. The van der Waals surface area contributed by atoms with Gasteiger partial charge >= 0.3 is 0 Å². The van der Waals surface area contributed by atoms with E-state index in [0.717, 1.165) is 6.92 Å². The van der Waals surface area contributed by atoms with Crippen LogP contribution < -0.4 is 5.56 Å². The van der Waals surface area contributed by atoms with Crippen LogP contribution in [0, 0.1) is 0 Å². The average molecular weight is 159 g/mol. The second-order valence-electron chi connectivity index (χ2n) is 2.32. The lowest BCUT2D eigenvalue weighted by Crippen LogP contribution is -2.15. The van der Waals surface area contributed by atoms with E-state index in [-0.39, 0.29) is 5.69 Å². The van der Waals surface area contributed by atoms with E-state index in [9.17, 15) is 13.6 Å². The van der Waals surface area contributed by atoms with Gasteiger partial charge in [-0.15, -0.1) is 0 Å². The number of alkyl halides is 2. The summed E-state index contributed by atoms with van der Waals surface area (Å²) < 4.78 is 24.9. The normalized spacial score (nSPS) is 11.5. The van der Waals surface area contributed by atoms with Gasteiger partial charge in [0.05, 0.1) is 5.69 Å². The molecular formula is C7H7F2NO. The van der Waals surface area contributed by atoms with Gasteiger partial charge in [-0.3, -0.25) is 4.79 Å². The summed E-state index contributed by atoms with van der Waals surface area (Å²) in [6.07, 6.45) is 0. The van der Waals surface area contributed by atoms with Gasteiger partial charge < -0.3 is 4.98 Å². The van der Waals surface area contributed by atoms with Crippen LogP contribution in [-0.4, -0.2) is 4.98 Å². The lowest BCUT2D eigenvalue weighted by Gasteiger charge is -2.08. The Morgan fingerprint density at radius 1 is 1.45 bits per heavy atom. The minimum absolute atomic E-state index is 0.356. The van der Waals surface area contributed by atoms with Gasteiger partial charge in [-0.1, -0.05) is 6.07 Å². The number of pyridine rings is 1. The predicted octanol–water partition coefficient (Wildman–Crippen LogP) is 1.49. The van der Waals surface area contributed by atoms with E-state index in [0.29, 0.717) is 0 Å².